The molecule has 0 aliphatic carbocycles. The number of carbonyl (C=O) groups is 1. The summed E-state index contributed by atoms with van der Waals surface area (Å²) >= 11 is 0. The summed E-state index contributed by atoms with van der Waals surface area (Å²) in [6, 6.07) is 17.4. The Morgan fingerprint density at radius 3 is 2.40 bits per heavy atom. The van der Waals surface area contributed by atoms with E-state index in [1.165, 1.54) is 5.56 Å². The smallest absolute Gasteiger partial charge is 0.264 e. The molecule has 0 unspecified atom stereocenters. The maximum Gasteiger partial charge on any atom is 0.264 e. The number of hydrogen-bond donors (Lipinski definition) is 3. The zero-order chi connectivity index (χ0) is 25.4. The highest BCUT2D eigenvalue weighted by atomic mass is 32.2. The molecular weight excluding hydrogens is 462 g/mol. The third-order valence-electron chi connectivity index (χ3n) is 5.54. The van der Waals surface area contributed by atoms with E-state index < -0.39 is 22.0 Å². The molecular formula is C27H33N3O4S. The van der Waals surface area contributed by atoms with Crippen LogP contribution in [0.5, 0.6) is 0 Å². The van der Waals surface area contributed by atoms with Gasteiger partial charge in [-0.2, -0.15) is 0 Å². The van der Waals surface area contributed by atoms with Crippen LogP contribution in [0.1, 0.15) is 47.0 Å². The second-order valence-corrected chi connectivity index (χ2v) is 10.9. The number of rotatable bonds is 11. The van der Waals surface area contributed by atoms with Crippen molar-refractivity contribution < 1.29 is 18.3 Å². The van der Waals surface area contributed by atoms with Gasteiger partial charge in [0.15, 0.2) is 0 Å². The van der Waals surface area contributed by atoms with E-state index in [9.17, 15) is 18.3 Å². The van der Waals surface area contributed by atoms with Crippen molar-refractivity contribution in [3.63, 3.8) is 0 Å². The SMILES string of the molecule is CC(C)Cc1cc(-c2ccc(CCNC[C@H](O)c3cccnc3)cc2)ccc1C(=O)NS(C)(=O)=O. The van der Waals surface area contributed by atoms with Gasteiger partial charge < -0.3 is 10.4 Å². The fraction of sp³-hybridized carbons (Fsp3) is 0.333. The second kappa shape index (κ2) is 12.1. The average Bonchev–Trinajstić information content (AvgIpc) is 2.81. The number of hydrogen-bond acceptors (Lipinski definition) is 6. The summed E-state index contributed by atoms with van der Waals surface area (Å²) in [4.78, 5) is 16.5. The van der Waals surface area contributed by atoms with E-state index in [-0.39, 0.29) is 0 Å². The Bertz CT molecular complexity index is 1230. The van der Waals surface area contributed by atoms with Gasteiger partial charge in [-0.25, -0.2) is 13.1 Å². The van der Waals surface area contributed by atoms with Crippen molar-refractivity contribution >= 4 is 15.9 Å². The molecule has 0 aliphatic heterocycles. The molecule has 0 spiro atoms. The predicted octanol–water partition coefficient (Wildman–Crippen LogP) is 3.50. The molecule has 0 fully saturated rings. The Morgan fingerprint density at radius 2 is 1.77 bits per heavy atom. The van der Waals surface area contributed by atoms with Gasteiger partial charge in [-0.05, 0) is 59.7 Å². The number of nitrogens with zero attached hydrogens (tertiary/aromatic N) is 1. The molecule has 186 valence electrons. The molecule has 1 aromatic heterocycles. The van der Waals surface area contributed by atoms with E-state index in [1.807, 2.05) is 36.4 Å². The Hall–Kier alpha value is -3.07. The standard InChI is InChI=1S/C27H33N3O4S/c1-19(2)15-24-16-22(10-11-25(24)27(32)30-35(3,33)34)21-8-6-20(7-9-21)12-14-29-18-26(31)23-5-4-13-28-17-23/h4-11,13,16-17,19,26,29,31H,12,14-15,18H2,1-3H3,(H,30,32)/t26-/m0/s1. The van der Waals surface area contributed by atoms with Gasteiger partial charge in [0.05, 0.1) is 12.4 Å². The van der Waals surface area contributed by atoms with Crippen molar-refractivity contribution in [3.8, 4) is 11.1 Å². The Balaban J connectivity index is 1.64. The van der Waals surface area contributed by atoms with Crippen molar-refractivity contribution in [2.45, 2.75) is 32.8 Å². The van der Waals surface area contributed by atoms with Gasteiger partial charge in [-0.1, -0.05) is 56.3 Å². The molecule has 0 bridgehead atoms. The fourth-order valence-corrected chi connectivity index (χ4v) is 4.30. The van der Waals surface area contributed by atoms with Crippen LogP contribution in [0, 0.1) is 5.92 Å². The molecule has 7 nitrogen and oxygen atoms in total. The number of carbonyl (C=O) groups excluding carboxylic acids is 1. The lowest BCUT2D eigenvalue weighted by Gasteiger charge is -2.14. The Kier molecular flexibility index (Phi) is 9.14. The van der Waals surface area contributed by atoms with Gasteiger partial charge in [-0.15, -0.1) is 0 Å². The highest BCUT2D eigenvalue weighted by Crippen LogP contribution is 2.25. The number of pyridine rings is 1. The molecule has 35 heavy (non-hydrogen) atoms. The molecule has 0 radical (unpaired) electrons. The van der Waals surface area contributed by atoms with Crippen LogP contribution in [0.15, 0.2) is 67.0 Å². The first-order chi connectivity index (χ1) is 16.6. The molecule has 1 heterocycles. The van der Waals surface area contributed by atoms with Crippen LogP contribution >= 0.6 is 0 Å². The Labute approximate surface area is 207 Å². The second-order valence-electron chi connectivity index (χ2n) is 9.13. The van der Waals surface area contributed by atoms with Crippen LogP contribution in [0.3, 0.4) is 0 Å². The van der Waals surface area contributed by atoms with Crippen LogP contribution in [-0.4, -0.2) is 43.8 Å². The van der Waals surface area contributed by atoms with Crippen molar-refractivity contribution in [3.05, 3.63) is 89.2 Å². The molecule has 3 aromatic rings. The van der Waals surface area contributed by atoms with Crippen LogP contribution in [-0.2, 0) is 22.9 Å². The molecule has 3 N–H and O–H groups in total. The monoisotopic (exact) mass is 495 g/mol. The quantitative estimate of drug-likeness (QED) is 0.352. The summed E-state index contributed by atoms with van der Waals surface area (Å²) in [5, 5.41) is 13.5. The van der Waals surface area contributed by atoms with Crippen LogP contribution in [0.25, 0.3) is 11.1 Å². The number of aromatic nitrogens is 1. The van der Waals surface area contributed by atoms with Gasteiger partial charge in [-0.3, -0.25) is 9.78 Å². The molecule has 1 atom stereocenters. The maximum atomic E-state index is 12.5. The number of amides is 1. The molecule has 0 saturated heterocycles. The lowest BCUT2D eigenvalue weighted by atomic mass is 9.93. The highest BCUT2D eigenvalue weighted by Gasteiger charge is 2.17. The highest BCUT2D eigenvalue weighted by molar-refractivity contribution is 7.89. The lowest BCUT2D eigenvalue weighted by molar-refractivity contribution is 0.0980. The zero-order valence-electron chi connectivity index (χ0n) is 20.4. The van der Waals surface area contributed by atoms with Gasteiger partial charge in [0.25, 0.3) is 5.91 Å². The van der Waals surface area contributed by atoms with Crippen molar-refractivity contribution in [1.82, 2.24) is 15.0 Å². The number of benzene rings is 2. The van der Waals surface area contributed by atoms with Crippen LogP contribution in [0.4, 0.5) is 0 Å². The van der Waals surface area contributed by atoms with Crippen molar-refractivity contribution in [1.29, 1.82) is 0 Å². The first-order valence-electron chi connectivity index (χ1n) is 11.7. The van der Waals surface area contributed by atoms with Gasteiger partial charge in [0, 0.05) is 30.1 Å². The van der Waals surface area contributed by atoms with Crippen molar-refractivity contribution in [2.24, 2.45) is 5.92 Å². The average molecular weight is 496 g/mol. The molecule has 1 amide bonds. The number of aliphatic hydroxyl groups is 1. The minimum absolute atomic E-state index is 0.307. The maximum absolute atomic E-state index is 12.5. The molecule has 8 heteroatoms. The Morgan fingerprint density at radius 1 is 1.06 bits per heavy atom. The van der Waals surface area contributed by atoms with Gasteiger partial charge in [0.2, 0.25) is 10.0 Å². The minimum atomic E-state index is -3.63. The normalized spacial score (nSPS) is 12.5. The summed E-state index contributed by atoms with van der Waals surface area (Å²) in [6.45, 7) is 5.31. The van der Waals surface area contributed by atoms with E-state index in [1.54, 1.807) is 18.5 Å². The van der Waals surface area contributed by atoms with E-state index in [2.05, 4.69) is 41.0 Å². The molecule has 3 rings (SSSR count). The third kappa shape index (κ3) is 8.28. The van der Waals surface area contributed by atoms with Gasteiger partial charge >= 0.3 is 0 Å². The first kappa shape index (κ1) is 26.5. The van der Waals surface area contributed by atoms with E-state index in [0.29, 0.717) is 24.4 Å². The first-order valence-corrected chi connectivity index (χ1v) is 13.5. The van der Waals surface area contributed by atoms with E-state index in [0.717, 1.165) is 41.5 Å². The zero-order valence-corrected chi connectivity index (χ0v) is 21.2. The topological polar surface area (TPSA) is 108 Å². The largest absolute Gasteiger partial charge is 0.387 e. The third-order valence-corrected chi connectivity index (χ3v) is 6.10. The summed E-state index contributed by atoms with van der Waals surface area (Å²) < 4.78 is 25.1. The summed E-state index contributed by atoms with van der Waals surface area (Å²) in [6.07, 6.45) is 5.22. The van der Waals surface area contributed by atoms with E-state index >= 15 is 0 Å². The fourth-order valence-electron chi connectivity index (χ4n) is 3.85. The van der Waals surface area contributed by atoms with Crippen LogP contribution < -0.4 is 10.0 Å². The summed E-state index contributed by atoms with van der Waals surface area (Å²) in [5.41, 5.74) is 5.16. The number of nitrogens with one attached hydrogen (secondary N) is 2. The molecule has 0 saturated carbocycles. The predicted molar refractivity (Wildman–Crippen MR) is 139 cm³/mol. The summed E-state index contributed by atoms with van der Waals surface area (Å²) in [7, 11) is -3.63. The molecule has 2 aromatic carbocycles. The number of sulfonamides is 1. The minimum Gasteiger partial charge on any atom is -0.387 e. The van der Waals surface area contributed by atoms with Gasteiger partial charge in [0.1, 0.15) is 0 Å². The number of aliphatic hydroxyl groups excluding tert-OH is 1. The van der Waals surface area contributed by atoms with Crippen LogP contribution in [0.2, 0.25) is 0 Å². The lowest BCUT2D eigenvalue weighted by Crippen LogP contribution is -2.30. The van der Waals surface area contributed by atoms with Crippen molar-refractivity contribution in [2.75, 3.05) is 19.3 Å². The van der Waals surface area contributed by atoms with E-state index in [4.69, 9.17) is 0 Å². The molecule has 0 aliphatic rings. The summed E-state index contributed by atoms with van der Waals surface area (Å²) in [5.74, 6) is -0.298.